The second-order valence-corrected chi connectivity index (χ2v) is 11.7. The second-order valence-electron chi connectivity index (χ2n) is 7.43. The van der Waals surface area contributed by atoms with Crippen molar-refractivity contribution in [2.75, 3.05) is 13.1 Å². The third kappa shape index (κ3) is 4.45. The van der Waals surface area contributed by atoms with E-state index in [1.807, 2.05) is 0 Å². The average Bonchev–Trinajstić information content (AvgIpc) is 3.18. The highest BCUT2D eigenvalue weighted by atomic mass is 32.2. The van der Waals surface area contributed by atoms with Gasteiger partial charge in [0.2, 0.25) is 10.0 Å². The maximum Gasteiger partial charge on any atom is 0.416 e. The molecule has 4 rings (SSSR count). The molecule has 1 saturated heterocycles. The van der Waals surface area contributed by atoms with E-state index in [4.69, 9.17) is 4.42 Å². The summed E-state index contributed by atoms with van der Waals surface area (Å²) in [6, 6.07) is 13.3. The Labute approximate surface area is 183 Å². The van der Waals surface area contributed by atoms with E-state index < -0.39 is 36.9 Å². The Hall–Kier alpha value is -2.63. The van der Waals surface area contributed by atoms with Gasteiger partial charge < -0.3 is 4.42 Å². The van der Waals surface area contributed by atoms with Crippen LogP contribution >= 0.6 is 0 Å². The van der Waals surface area contributed by atoms with Gasteiger partial charge in [-0.2, -0.15) is 17.5 Å². The summed E-state index contributed by atoms with van der Waals surface area (Å²) >= 11 is 0. The molecule has 0 spiro atoms. The van der Waals surface area contributed by atoms with Crippen molar-refractivity contribution < 1.29 is 34.4 Å². The Morgan fingerprint density at radius 3 is 2.19 bits per heavy atom. The van der Waals surface area contributed by atoms with Crippen molar-refractivity contribution >= 4 is 19.9 Å². The number of halogens is 3. The van der Waals surface area contributed by atoms with E-state index in [-0.39, 0.29) is 29.5 Å². The van der Waals surface area contributed by atoms with Gasteiger partial charge in [-0.1, -0.05) is 24.3 Å². The molecule has 32 heavy (non-hydrogen) atoms. The van der Waals surface area contributed by atoms with Crippen LogP contribution in [0.25, 0.3) is 11.1 Å². The van der Waals surface area contributed by atoms with Gasteiger partial charge in [0.1, 0.15) is 11.5 Å². The van der Waals surface area contributed by atoms with E-state index in [0.717, 1.165) is 16.4 Å². The lowest BCUT2D eigenvalue weighted by atomic mass is 10.0. The van der Waals surface area contributed by atoms with Crippen LogP contribution < -0.4 is 0 Å². The summed E-state index contributed by atoms with van der Waals surface area (Å²) in [7, 11) is -7.49. The van der Waals surface area contributed by atoms with E-state index in [2.05, 4.69) is 0 Å². The number of sulfonamides is 1. The molecular weight excluding hydrogens is 467 g/mol. The molecule has 6 nitrogen and oxygen atoms in total. The van der Waals surface area contributed by atoms with Gasteiger partial charge in [0.15, 0.2) is 9.84 Å². The van der Waals surface area contributed by atoms with Crippen LogP contribution in [0.1, 0.15) is 11.3 Å². The fourth-order valence-electron chi connectivity index (χ4n) is 3.38. The lowest BCUT2D eigenvalue weighted by molar-refractivity contribution is -0.137. The van der Waals surface area contributed by atoms with Crippen LogP contribution in [0.2, 0.25) is 0 Å². The summed E-state index contributed by atoms with van der Waals surface area (Å²) in [4.78, 5) is -0.0601. The highest BCUT2D eigenvalue weighted by Gasteiger charge is 2.43. The van der Waals surface area contributed by atoms with Crippen molar-refractivity contribution in [1.82, 2.24) is 4.31 Å². The average molecular weight is 486 g/mol. The highest BCUT2D eigenvalue weighted by molar-refractivity contribution is 7.92. The van der Waals surface area contributed by atoms with Crippen molar-refractivity contribution in [1.29, 1.82) is 0 Å². The van der Waals surface area contributed by atoms with Crippen LogP contribution in [0.4, 0.5) is 13.2 Å². The molecule has 0 aliphatic carbocycles. The predicted molar refractivity (Wildman–Crippen MR) is 111 cm³/mol. The van der Waals surface area contributed by atoms with Crippen molar-refractivity contribution in [2.45, 2.75) is 22.1 Å². The fraction of sp³-hybridized carbons (Fsp3) is 0.238. The minimum atomic E-state index is -4.48. The van der Waals surface area contributed by atoms with Gasteiger partial charge >= 0.3 is 6.18 Å². The summed E-state index contributed by atoms with van der Waals surface area (Å²) in [6.07, 6.45) is -3.12. The van der Waals surface area contributed by atoms with Gasteiger partial charge in [0.05, 0.1) is 22.0 Å². The molecule has 2 aromatic carbocycles. The molecule has 11 heteroatoms. The van der Waals surface area contributed by atoms with E-state index in [0.29, 0.717) is 11.1 Å². The molecule has 1 aromatic heterocycles. The quantitative estimate of drug-likeness (QED) is 0.528. The standard InChI is InChI=1S/C21H18F3NO5S2/c22-21(23,24)17-4-1-3-16(11-17)15-6-8-19(9-7-15)32(28,29)25-12-20(13-25)31(26,27)14-18-5-2-10-30-18/h1-11,20H,12-14H2. The number of rotatable bonds is 6. The molecule has 1 aliphatic heterocycles. The SMILES string of the molecule is O=S(=O)(Cc1ccco1)C1CN(S(=O)(=O)c2ccc(-c3cccc(C(F)(F)F)c3)cc2)C1. The summed E-state index contributed by atoms with van der Waals surface area (Å²) < 4.78 is 95.4. The molecule has 0 N–H and O–H groups in total. The van der Waals surface area contributed by atoms with Gasteiger partial charge in [0.25, 0.3) is 0 Å². The van der Waals surface area contributed by atoms with Crippen LogP contribution in [-0.2, 0) is 31.8 Å². The fourth-order valence-corrected chi connectivity index (χ4v) is 6.71. The van der Waals surface area contributed by atoms with Crippen LogP contribution in [-0.4, -0.2) is 39.5 Å². The van der Waals surface area contributed by atoms with Crippen LogP contribution in [0.3, 0.4) is 0 Å². The van der Waals surface area contributed by atoms with Crippen molar-refractivity contribution in [3.8, 4) is 11.1 Å². The molecular formula is C21H18F3NO5S2. The zero-order valence-electron chi connectivity index (χ0n) is 16.5. The Balaban J connectivity index is 1.47. The molecule has 2 heterocycles. The topological polar surface area (TPSA) is 84.7 Å². The minimum absolute atomic E-state index is 0.0601. The van der Waals surface area contributed by atoms with Crippen LogP contribution in [0.5, 0.6) is 0 Å². The van der Waals surface area contributed by atoms with Crippen molar-refractivity contribution in [2.24, 2.45) is 0 Å². The van der Waals surface area contributed by atoms with E-state index in [1.54, 1.807) is 6.07 Å². The molecule has 0 saturated carbocycles. The number of nitrogens with zero attached hydrogens (tertiary/aromatic N) is 1. The number of alkyl halides is 3. The monoisotopic (exact) mass is 485 g/mol. The molecule has 3 aromatic rings. The van der Waals surface area contributed by atoms with Gasteiger partial charge in [-0.15, -0.1) is 0 Å². The minimum Gasteiger partial charge on any atom is -0.468 e. The van der Waals surface area contributed by atoms with Gasteiger partial charge in [-0.25, -0.2) is 16.8 Å². The third-order valence-corrected chi connectivity index (χ3v) is 9.11. The number of hydrogen-bond acceptors (Lipinski definition) is 5. The molecule has 0 bridgehead atoms. The maximum atomic E-state index is 12.9. The Bertz CT molecular complexity index is 1310. The Kier molecular flexibility index (Phi) is 5.68. The molecule has 0 radical (unpaired) electrons. The summed E-state index contributed by atoms with van der Waals surface area (Å²) in [5, 5.41) is -0.827. The lowest BCUT2D eigenvalue weighted by Gasteiger charge is -2.37. The van der Waals surface area contributed by atoms with Crippen molar-refractivity contribution in [3.63, 3.8) is 0 Å². The number of benzene rings is 2. The van der Waals surface area contributed by atoms with Crippen LogP contribution in [0, 0.1) is 0 Å². The van der Waals surface area contributed by atoms with Crippen LogP contribution in [0.15, 0.2) is 76.2 Å². The lowest BCUT2D eigenvalue weighted by Crippen LogP contribution is -2.56. The largest absolute Gasteiger partial charge is 0.468 e. The Morgan fingerprint density at radius 2 is 1.59 bits per heavy atom. The van der Waals surface area contributed by atoms with E-state index in [1.165, 1.54) is 48.7 Å². The molecule has 0 unspecified atom stereocenters. The Morgan fingerprint density at radius 1 is 0.906 bits per heavy atom. The zero-order valence-corrected chi connectivity index (χ0v) is 18.1. The molecule has 0 amide bonds. The first kappa shape index (κ1) is 22.6. The number of sulfone groups is 1. The number of furan rings is 1. The number of hydrogen-bond donors (Lipinski definition) is 0. The molecule has 1 fully saturated rings. The molecule has 0 atom stereocenters. The maximum absolute atomic E-state index is 12.9. The normalized spacial score (nSPS) is 16.1. The van der Waals surface area contributed by atoms with Crippen molar-refractivity contribution in [3.05, 3.63) is 78.3 Å². The first-order valence-electron chi connectivity index (χ1n) is 9.49. The van der Waals surface area contributed by atoms with Gasteiger partial charge in [-0.3, -0.25) is 0 Å². The molecule has 170 valence electrons. The van der Waals surface area contributed by atoms with Gasteiger partial charge in [-0.05, 0) is 47.5 Å². The third-order valence-electron chi connectivity index (χ3n) is 5.26. The smallest absolute Gasteiger partial charge is 0.416 e. The van der Waals surface area contributed by atoms with Gasteiger partial charge in [0, 0.05) is 13.1 Å². The summed E-state index contributed by atoms with van der Waals surface area (Å²) in [6.45, 7) is -0.332. The molecule has 1 aliphatic rings. The summed E-state index contributed by atoms with van der Waals surface area (Å²) in [5.74, 6) is -0.0129. The van der Waals surface area contributed by atoms with E-state index in [9.17, 15) is 30.0 Å². The second kappa shape index (κ2) is 8.05. The van der Waals surface area contributed by atoms with E-state index >= 15 is 0 Å². The predicted octanol–water partition coefficient (Wildman–Crippen LogP) is 3.95. The first-order chi connectivity index (χ1) is 15.0. The first-order valence-corrected chi connectivity index (χ1v) is 12.6. The highest BCUT2D eigenvalue weighted by Crippen LogP contribution is 2.33. The zero-order chi connectivity index (χ0) is 23.1. The summed E-state index contributed by atoms with van der Waals surface area (Å²) in [5.41, 5.74) is -0.0663.